The van der Waals surface area contributed by atoms with E-state index in [1.165, 1.54) is 26.0 Å². The number of phenols is 2. The normalized spacial score (nSPS) is 11.6. The van der Waals surface area contributed by atoms with E-state index >= 15 is 0 Å². The number of aromatic hydroxyl groups is 2. The van der Waals surface area contributed by atoms with Gasteiger partial charge in [0.15, 0.2) is 0 Å². The van der Waals surface area contributed by atoms with E-state index in [0.29, 0.717) is 0 Å². The van der Waals surface area contributed by atoms with E-state index in [1.807, 2.05) is 0 Å². The lowest BCUT2D eigenvalue weighted by atomic mass is 10.3. The summed E-state index contributed by atoms with van der Waals surface area (Å²) in [4.78, 5) is 12.4. The Morgan fingerprint density at radius 3 is 2.26 bits per heavy atom. The number of hydrogen-bond donors (Lipinski definition) is 2. The summed E-state index contributed by atoms with van der Waals surface area (Å²) < 4.78 is 25.1. The van der Waals surface area contributed by atoms with Gasteiger partial charge >= 0.3 is 0 Å². The standard InChI is InChI=1S/C11H16N2O5S/c1-12(2)11(16)7-13(3)19(17,18)10-5-4-8(14)6-9(10)15/h4-6,14-15H,7H2,1-3H3. The molecule has 0 saturated carbocycles. The Bertz CT molecular complexity index is 583. The number of carbonyl (C=O) groups excluding carboxylic acids is 1. The molecule has 1 amide bonds. The lowest BCUT2D eigenvalue weighted by Gasteiger charge is -2.19. The van der Waals surface area contributed by atoms with Crippen LogP contribution in [0.25, 0.3) is 0 Å². The number of carbonyl (C=O) groups is 1. The van der Waals surface area contributed by atoms with Crippen LogP contribution in [0.1, 0.15) is 0 Å². The number of benzene rings is 1. The molecular formula is C11H16N2O5S. The highest BCUT2D eigenvalue weighted by Crippen LogP contribution is 2.28. The van der Waals surface area contributed by atoms with Gasteiger partial charge < -0.3 is 15.1 Å². The quantitative estimate of drug-likeness (QED) is 0.800. The molecule has 0 spiro atoms. The highest BCUT2D eigenvalue weighted by molar-refractivity contribution is 7.89. The topological polar surface area (TPSA) is 98.2 Å². The maximum atomic E-state index is 12.1. The summed E-state index contributed by atoms with van der Waals surface area (Å²) in [5.74, 6) is -1.20. The van der Waals surface area contributed by atoms with Gasteiger partial charge in [0.05, 0.1) is 6.54 Å². The molecule has 2 N–H and O–H groups in total. The molecule has 1 rings (SSSR count). The number of sulfonamides is 1. The second-order valence-electron chi connectivity index (χ2n) is 4.20. The van der Waals surface area contributed by atoms with Crippen LogP contribution in [0.3, 0.4) is 0 Å². The monoisotopic (exact) mass is 288 g/mol. The number of rotatable bonds is 4. The second-order valence-corrected chi connectivity index (χ2v) is 6.21. The fraction of sp³-hybridized carbons (Fsp3) is 0.364. The van der Waals surface area contributed by atoms with Gasteiger partial charge in [0, 0.05) is 27.2 Å². The van der Waals surface area contributed by atoms with E-state index in [1.54, 1.807) is 0 Å². The maximum absolute atomic E-state index is 12.1. The molecule has 0 heterocycles. The van der Waals surface area contributed by atoms with Crippen molar-refractivity contribution in [2.45, 2.75) is 4.90 Å². The van der Waals surface area contributed by atoms with Crippen molar-refractivity contribution < 1.29 is 23.4 Å². The Kier molecular flexibility index (Phi) is 4.38. The first-order valence-corrected chi connectivity index (χ1v) is 6.78. The van der Waals surface area contributed by atoms with Crippen molar-refractivity contribution in [3.8, 4) is 11.5 Å². The molecule has 0 aliphatic carbocycles. The van der Waals surface area contributed by atoms with Gasteiger partial charge in [-0.3, -0.25) is 4.79 Å². The van der Waals surface area contributed by atoms with Crippen LogP contribution in [-0.2, 0) is 14.8 Å². The summed E-state index contributed by atoms with van der Waals surface area (Å²) in [6, 6.07) is 3.15. The minimum absolute atomic E-state index is 0.247. The van der Waals surface area contributed by atoms with Crippen LogP contribution < -0.4 is 0 Å². The molecule has 0 aliphatic rings. The molecule has 0 atom stereocenters. The molecule has 0 bridgehead atoms. The zero-order chi connectivity index (χ0) is 14.8. The fourth-order valence-corrected chi connectivity index (χ4v) is 2.49. The molecule has 1 aromatic carbocycles. The zero-order valence-electron chi connectivity index (χ0n) is 10.9. The van der Waals surface area contributed by atoms with Crippen LogP contribution >= 0.6 is 0 Å². The lowest BCUT2D eigenvalue weighted by molar-refractivity contribution is -0.128. The van der Waals surface area contributed by atoms with Crippen LogP contribution in [0.5, 0.6) is 11.5 Å². The first kappa shape index (κ1) is 15.3. The average Bonchev–Trinajstić information content (AvgIpc) is 2.27. The third kappa shape index (κ3) is 3.36. The average molecular weight is 288 g/mol. The molecule has 1 aromatic rings. The van der Waals surface area contributed by atoms with E-state index in [-0.39, 0.29) is 23.1 Å². The summed E-state index contributed by atoms with van der Waals surface area (Å²) in [5, 5.41) is 18.7. The molecule has 0 aromatic heterocycles. The van der Waals surface area contributed by atoms with Gasteiger partial charge in [-0.05, 0) is 12.1 Å². The number of amides is 1. The molecule has 19 heavy (non-hydrogen) atoms. The van der Waals surface area contributed by atoms with Crippen LogP contribution in [0.4, 0.5) is 0 Å². The third-order valence-corrected chi connectivity index (χ3v) is 4.34. The van der Waals surface area contributed by atoms with Gasteiger partial charge in [0.2, 0.25) is 15.9 Å². The SMILES string of the molecule is CN(C)C(=O)CN(C)S(=O)(=O)c1ccc(O)cc1O. The third-order valence-electron chi connectivity index (χ3n) is 2.49. The molecule has 0 unspecified atom stereocenters. The molecule has 0 fully saturated rings. The van der Waals surface area contributed by atoms with Gasteiger partial charge in [-0.2, -0.15) is 4.31 Å². The summed E-state index contributed by atoms with van der Waals surface area (Å²) in [5.41, 5.74) is 0. The highest BCUT2D eigenvalue weighted by Gasteiger charge is 2.26. The largest absolute Gasteiger partial charge is 0.508 e. The Balaban J connectivity index is 3.07. The Morgan fingerprint density at radius 1 is 1.21 bits per heavy atom. The molecular weight excluding hydrogens is 272 g/mol. The number of likely N-dealkylation sites (N-methyl/N-ethyl adjacent to an activating group) is 2. The minimum atomic E-state index is -3.99. The predicted molar refractivity (Wildman–Crippen MR) is 68.3 cm³/mol. The summed E-state index contributed by atoms with van der Waals surface area (Å²) >= 11 is 0. The van der Waals surface area contributed by atoms with Crippen LogP contribution in [0, 0.1) is 0 Å². The lowest BCUT2D eigenvalue weighted by Crippen LogP contribution is -2.37. The molecule has 0 radical (unpaired) electrons. The minimum Gasteiger partial charge on any atom is -0.508 e. The Hall–Kier alpha value is -1.80. The highest BCUT2D eigenvalue weighted by atomic mass is 32.2. The number of nitrogens with zero attached hydrogens (tertiary/aromatic N) is 2. The van der Waals surface area contributed by atoms with Crippen molar-refractivity contribution in [2.24, 2.45) is 0 Å². The summed E-state index contributed by atoms with van der Waals surface area (Å²) in [6.07, 6.45) is 0. The van der Waals surface area contributed by atoms with Crippen molar-refractivity contribution >= 4 is 15.9 Å². The predicted octanol–water partition coefficient (Wildman–Crippen LogP) is -0.193. The van der Waals surface area contributed by atoms with Crippen LogP contribution in [0.2, 0.25) is 0 Å². The Labute approximate surface area is 111 Å². The maximum Gasteiger partial charge on any atom is 0.246 e. The molecule has 0 aliphatic heterocycles. The molecule has 106 valence electrons. The summed E-state index contributed by atoms with van der Waals surface area (Å²) in [6.45, 7) is -0.338. The number of phenolic OH excluding ortho intramolecular Hbond substituents is 2. The van der Waals surface area contributed by atoms with Crippen molar-refractivity contribution in [3.63, 3.8) is 0 Å². The Morgan fingerprint density at radius 2 is 1.79 bits per heavy atom. The molecule has 0 saturated heterocycles. The molecule has 7 nitrogen and oxygen atoms in total. The fourth-order valence-electron chi connectivity index (χ4n) is 1.31. The van der Waals surface area contributed by atoms with Crippen LogP contribution in [0.15, 0.2) is 23.1 Å². The van der Waals surface area contributed by atoms with Crippen molar-refractivity contribution in [1.82, 2.24) is 9.21 Å². The second kappa shape index (κ2) is 5.45. The van der Waals surface area contributed by atoms with Gasteiger partial charge in [-0.25, -0.2) is 8.42 Å². The van der Waals surface area contributed by atoms with E-state index in [4.69, 9.17) is 5.11 Å². The van der Waals surface area contributed by atoms with Crippen LogP contribution in [-0.4, -0.2) is 61.4 Å². The smallest absolute Gasteiger partial charge is 0.246 e. The van der Waals surface area contributed by atoms with E-state index < -0.39 is 15.8 Å². The first-order chi connectivity index (χ1) is 8.66. The van der Waals surface area contributed by atoms with Crippen molar-refractivity contribution in [3.05, 3.63) is 18.2 Å². The number of hydrogen-bond acceptors (Lipinski definition) is 5. The van der Waals surface area contributed by atoms with E-state index in [2.05, 4.69) is 0 Å². The van der Waals surface area contributed by atoms with Crippen molar-refractivity contribution in [2.75, 3.05) is 27.7 Å². The zero-order valence-corrected chi connectivity index (χ0v) is 11.7. The van der Waals surface area contributed by atoms with Gasteiger partial charge in [0.1, 0.15) is 16.4 Å². The molecule has 8 heteroatoms. The van der Waals surface area contributed by atoms with Gasteiger partial charge in [-0.15, -0.1) is 0 Å². The first-order valence-electron chi connectivity index (χ1n) is 5.34. The van der Waals surface area contributed by atoms with Gasteiger partial charge in [-0.1, -0.05) is 0 Å². The van der Waals surface area contributed by atoms with Crippen molar-refractivity contribution in [1.29, 1.82) is 0 Å². The summed E-state index contributed by atoms with van der Waals surface area (Å²) in [7, 11) is 0.278. The van der Waals surface area contributed by atoms with Gasteiger partial charge in [0.25, 0.3) is 0 Å². The van der Waals surface area contributed by atoms with E-state index in [0.717, 1.165) is 22.5 Å². The van der Waals surface area contributed by atoms with E-state index in [9.17, 15) is 18.3 Å².